The van der Waals surface area contributed by atoms with Gasteiger partial charge in [-0.15, -0.1) is 0 Å². The van der Waals surface area contributed by atoms with E-state index in [4.69, 9.17) is 22.4 Å². The molecule has 1 aromatic rings. The Labute approximate surface area is 170 Å². The van der Waals surface area contributed by atoms with E-state index >= 15 is 0 Å². The summed E-state index contributed by atoms with van der Waals surface area (Å²) in [5.41, 5.74) is 6.07. The third-order valence-corrected chi connectivity index (χ3v) is 6.85. The molecule has 2 bridgehead atoms. The lowest BCUT2D eigenvalue weighted by Gasteiger charge is -2.36. The lowest BCUT2D eigenvalue weighted by molar-refractivity contribution is -0.137. The molecule has 1 amide bonds. The summed E-state index contributed by atoms with van der Waals surface area (Å²) in [6.07, 6.45) is 7.85. The number of aliphatic hydroxyl groups excluding tert-OH is 1. The van der Waals surface area contributed by atoms with Crippen molar-refractivity contribution in [1.82, 2.24) is 0 Å². The second kappa shape index (κ2) is 8.66. The van der Waals surface area contributed by atoms with E-state index in [0.717, 1.165) is 24.8 Å². The molecular weight excluding hydrogens is 378 g/mol. The summed E-state index contributed by atoms with van der Waals surface area (Å²) in [7, 11) is 0. The number of rotatable bonds is 9. The van der Waals surface area contributed by atoms with Crippen molar-refractivity contribution in [3.8, 4) is 0 Å². The molecule has 0 aromatic heterocycles. The van der Waals surface area contributed by atoms with Crippen LogP contribution in [-0.2, 0) is 9.59 Å². The molecule has 4 N–H and O–H groups in total. The number of allylic oxidation sites excluding steroid dienone is 2. The van der Waals surface area contributed by atoms with Crippen molar-refractivity contribution in [3.05, 3.63) is 47.0 Å². The molecule has 5 unspecified atom stereocenters. The van der Waals surface area contributed by atoms with Gasteiger partial charge in [0.05, 0.1) is 11.5 Å². The number of aliphatic hydroxyl groups is 1. The molecule has 0 heterocycles. The second-order valence-electron chi connectivity index (χ2n) is 8.23. The molecule has 5 nitrogen and oxygen atoms in total. The lowest BCUT2D eigenvalue weighted by Crippen LogP contribution is -2.41. The topological polar surface area (TPSA) is 101 Å². The van der Waals surface area contributed by atoms with Crippen LogP contribution >= 0.6 is 11.6 Å². The maximum absolute atomic E-state index is 12.3. The summed E-state index contributed by atoms with van der Waals surface area (Å²) >= 11 is 6.06. The van der Waals surface area contributed by atoms with Crippen LogP contribution in [0.3, 0.4) is 0 Å². The van der Waals surface area contributed by atoms with Crippen molar-refractivity contribution in [2.24, 2.45) is 28.9 Å². The molecule has 0 radical (unpaired) electrons. The van der Waals surface area contributed by atoms with Crippen LogP contribution in [0.1, 0.15) is 56.6 Å². The Morgan fingerprint density at radius 1 is 1.39 bits per heavy atom. The van der Waals surface area contributed by atoms with Crippen LogP contribution in [0.5, 0.6) is 0 Å². The van der Waals surface area contributed by atoms with Gasteiger partial charge in [0.1, 0.15) is 0 Å². The molecule has 0 saturated heterocycles. The Kier molecular flexibility index (Phi) is 6.46. The molecule has 0 spiro atoms. The summed E-state index contributed by atoms with van der Waals surface area (Å²) in [4.78, 5) is 23.0. The minimum absolute atomic E-state index is 0.0117. The second-order valence-corrected chi connectivity index (χ2v) is 8.67. The van der Waals surface area contributed by atoms with Gasteiger partial charge in [0.25, 0.3) is 0 Å². The van der Waals surface area contributed by atoms with Crippen LogP contribution in [0.15, 0.2) is 36.4 Å². The van der Waals surface area contributed by atoms with E-state index in [9.17, 15) is 14.7 Å². The standard InChI is InChI=1S/C22H28ClNO4/c23-16-6-4-5-14(11-16)19(25)12-17-15-9-10-22(13-15,21(24)28)18(17)7-2-1-3-8-20(26)27/h2,4-7,11,15,17-19,25H,1,3,8-10,12-13H2,(H2,24,28)(H,26,27). The number of benzene rings is 1. The van der Waals surface area contributed by atoms with Crippen LogP contribution in [0.4, 0.5) is 0 Å². The fraction of sp³-hybridized carbons (Fsp3) is 0.545. The molecule has 2 aliphatic carbocycles. The normalized spacial score (nSPS) is 30.0. The van der Waals surface area contributed by atoms with E-state index in [1.54, 1.807) is 12.1 Å². The first-order valence-electron chi connectivity index (χ1n) is 9.95. The third kappa shape index (κ3) is 4.26. The van der Waals surface area contributed by atoms with Crippen LogP contribution in [-0.4, -0.2) is 22.1 Å². The van der Waals surface area contributed by atoms with Crippen molar-refractivity contribution in [1.29, 1.82) is 0 Å². The molecule has 2 fully saturated rings. The Hall–Kier alpha value is -1.85. The number of hydrogen-bond donors (Lipinski definition) is 3. The fourth-order valence-electron chi connectivity index (χ4n) is 5.26. The smallest absolute Gasteiger partial charge is 0.303 e. The number of carbonyl (C=O) groups is 2. The quantitative estimate of drug-likeness (QED) is 0.425. The minimum atomic E-state index is -0.801. The van der Waals surface area contributed by atoms with E-state index < -0.39 is 17.5 Å². The first-order chi connectivity index (χ1) is 13.3. The van der Waals surface area contributed by atoms with Crippen molar-refractivity contribution in [2.75, 3.05) is 0 Å². The Balaban J connectivity index is 1.75. The number of aliphatic carboxylic acids is 1. The molecule has 152 valence electrons. The highest BCUT2D eigenvalue weighted by atomic mass is 35.5. The average Bonchev–Trinajstić information content (AvgIpc) is 3.20. The van der Waals surface area contributed by atoms with Crippen molar-refractivity contribution < 1.29 is 19.8 Å². The summed E-state index contributed by atoms with van der Waals surface area (Å²) in [6.45, 7) is 0. The number of carbonyl (C=O) groups excluding carboxylic acids is 1. The first-order valence-corrected chi connectivity index (χ1v) is 10.3. The Bertz CT molecular complexity index is 765. The van der Waals surface area contributed by atoms with E-state index in [1.165, 1.54) is 0 Å². The number of hydrogen-bond acceptors (Lipinski definition) is 3. The Morgan fingerprint density at radius 2 is 2.18 bits per heavy atom. The van der Waals surface area contributed by atoms with E-state index in [2.05, 4.69) is 6.08 Å². The fourth-order valence-corrected chi connectivity index (χ4v) is 5.46. The van der Waals surface area contributed by atoms with Crippen LogP contribution < -0.4 is 5.73 Å². The predicted octanol–water partition coefficient (Wildman–Crippen LogP) is 4.09. The minimum Gasteiger partial charge on any atom is -0.481 e. The molecule has 5 atom stereocenters. The van der Waals surface area contributed by atoms with Gasteiger partial charge in [-0.05, 0) is 74.0 Å². The van der Waals surface area contributed by atoms with Gasteiger partial charge in [-0.1, -0.05) is 35.9 Å². The number of carboxylic acids is 1. The molecule has 2 aliphatic rings. The lowest BCUT2D eigenvalue weighted by atomic mass is 9.68. The van der Waals surface area contributed by atoms with Crippen LogP contribution in [0.25, 0.3) is 0 Å². The van der Waals surface area contributed by atoms with Gasteiger partial charge in [0.2, 0.25) is 5.91 Å². The van der Waals surface area contributed by atoms with Crippen LogP contribution in [0, 0.1) is 23.2 Å². The number of fused-ring (bicyclic) bond motifs is 2. The molecule has 2 saturated carbocycles. The van der Waals surface area contributed by atoms with Gasteiger partial charge in [0, 0.05) is 11.4 Å². The van der Waals surface area contributed by atoms with Crippen molar-refractivity contribution in [2.45, 2.75) is 51.0 Å². The van der Waals surface area contributed by atoms with Gasteiger partial charge < -0.3 is 15.9 Å². The number of carboxylic acid groups (broad SMARTS) is 1. The third-order valence-electron chi connectivity index (χ3n) is 6.62. The largest absolute Gasteiger partial charge is 0.481 e. The van der Waals surface area contributed by atoms with E-state index in [1.807, 2.05) is 18.2 Å². The molecule has 28 heavy (non-hydrogen) atoms. The summed E-state index contributed by atoms with van der Waals surface area (Å²) < 4.78 is 0. The first kappa shape index (κ1) is 20.9. The van der Waals surface area contributed by atoms with Gasteiger partial charge in [0.15, 0.2) is 0 Å². The molecule has 3 rings (SSSR count). The maximum Gasteiger partial charge on any atom is 0.303 e. The van der Waals surface area contributed by atoms with Crippen LogP contribution in [0.2, 0.25) is 5.02 Å². The number of nitrogens with two attached hydrogens (primary N) is 1. The van der Waals surface area contributed by atoms with Gasteiger partial charge in [-0.3, -0.25) is 9.59 Å². The highest BCUT2D eigenvalue weighted by molar-refractivity contribution is 6.30. The number of amides is 1. The molecule has 6 heteroatoms. The maximum atomic E-state index is 12.3. The van der Waals surface area contributed by atoms with Gasteiger partial charge >= 0.3 is 5.97 Å². The molecule has 1 aromatic carbocycles. The number of halogens is 1. The monoisotopic (exact) mass is 405 g/mol. The van der Waals surface area contributed by atoms with Gasteiger partial charge in [-0.2, -0.15) is 0 Å². The van der Waals surface area contributed by atoms with E-state index in [-0.39, 0.29) is 24.2 Å². The predicted molar refractivity (Wildman–Crippen MR) is 108 cm³/mol. The highest BCUT2D eigenvalue weighted by Crippen LogP contribution is 2.62. The highest BCUT2D eigenvalue weighted by Gasteiger charge is 2.59. The van der Waals surface area contributed by atoms with Crippen molar-refractivity contribution >= 4 is 23.5 Å². The zero-order chi connectivity index (χ0) is 20.3. The average molecular weight is 406 g/mol. The van der Waals surface area contributed by atoms with Gasteiger partial charge in [-0.25, -0.2) is 0 Å². The number of unbranched alkanes of at least 4 members (excludes halogenated alkanes) is 1. The summed E-state index contributed by atoms with van der Waals surface area (Å²) in [5.74, 6) is -0.525. The zero-order valence-electron chi connectivity index (χ0n) is 15.9. The summed E-state index contributed by atoms with van der Waals surface area (Å²) in [5, 5.41) is 20.1. The van der Waals surface area contributed by atoms with Crippen molar-refractivity contribution in [3.63, 3.8) is 0 Å². The molecule has 0 aliphatic heterocycles. The number of primary amides is 1. The SMILES string of the molecule is NC(=O)C12CCC(C1)C(CC(O)c1cccc(Cl)c1)C2C=CCCCC(=O)O. The van der Waals surface area contributed by atoms with E-state index in [0.29, 0.717) is 30.2 Å². The molecular formula is C22H28ClNO4. The Morgan fingerprint density at radius 3 is 2.86 bits per heavy atom. The summed E-state index contributed by atoms with van der Waals surface area (Å²) in [6, 6.07) is 7.25. The zero-order valence-corrected chi connectivity index (χ0v) is 16.6.